The average Bonchev–Trinajstić information content (AvgIpc) is 3.36. The third kappa shape index (κ3) is 4.81. The number of fused-ring (bicyclic) bond motifs is 1. The van der Waals surface area contributed by atoms with Gasteiger partial charge >= 0.3 is 0 Å². The second-order valence-electron chi connectivity index (χ2n) is 7.26. The SMILES string of the molecule is N#CC1(NC(=O)CNC(=O)Cc2nc3cc(Cl)c(-c4cc(F)cc(F)c4)cc3s2)CC1. The highest BCUT2D eigenvalue weighted by atomic mass is 35.5. The van der Waals surface area contributed by atoms with Crippen LogP contribution in [0.25, 0.3) is 21.3 Å². The van der Waals surface area contributed by atoms with Gasteiger partial charge in [-0.15, -0.1) is 11.3 Å². The van der Waals surface area contributed by atoms with Crippen LogP contribution in [0.1, 0.15) is 17.8 Å². The van der Waals surface area contributed by atoms with Crippen LogP contribution in [0.5, 0.6) is 0 Å². The van der Waals surface area contributed by atoms with Crippen molar-refractivity contribution in [3.05, 3.63) is 52.0 Å². The van der Waals surface area contributed by atoms with Crippen LogP contribution in [0, 0.1) is 23.0 Å². The number of thiazole rings is 1. The van der Waals surface area contributed by atoms with E-state index in [-0.39, 0.29) is 18.0 Å². The Kier molecular flexibility index (Phi) is 5.60. The first kappa shape index (κ1) is 21.2. The molecule has 0 saturated heterocycles. The molecule has 158 valence electrons. The van der Waals surface area contributed by atoms with E-state index in [1.165, 1.54) is 23.5 Å². The number of nitrogens with one attached hydrogen (secondary N) is 2. The van der Waals surface area contributed by atoms with Gasteiger partial charge < -0.3 is 10.6 Å². The van der Waals surface area contributed by atoms with E-state index in [9.17, 15) is 18.4 Å². The molecule has 0 atom stereocenters. The Hall–Kier alpha value is -3.09. The molecule has 0 spiro atoms. The van der Waals surface area contributed by atoms with Crippen molar-refractivity contribution >= 4 is 45.0 Å². The summed E-state index contributed by atoms with van der Waals surface area (Å²) >= 11 is 7.53. The minimum Gasteiger partial charge on any atom is -0.347 e. The average molecular weight is 461 g/mol. The number of rotatable bonds is 6. The molecule has 1 heterocycles. The van der Waals surface area contributed by atoms with Crippen LogP contribution < -0.4 is 10.6 Å². The number of nitrogens with zero attached hydrogens (tertiary/aromatic N) is 2. The van der Waals surface area contributed by atoms with E-state index < -0.39 is 29.0 Å². The summed E-state index contributed by atoms with van der Waals surface area (Å²) in [7, 11) is 0. The smallest absolute Gasteiger partial charge is 0.240 e. The third-order valence-electron chi connectivity index (χ3n) is 4.80. The summed E-state index contributed by atoms with van der Waals surface area (Å²) in [6.07, 6.45) is 1.18. The second-order valence-corrected chi connectivity index (χ2v) is 8.78. The number of amides is 2. The molecule has 1 saturated carbocycles. The maximum absolute atomic E-state index is 13.6. The standard InChI is InChI=1S/C21H15ClF2N4O2S/c22-15-7-16-17(6-14(15)11-3-12(23)5-13(24)4-11)31-20(27-16)8-18(29)26-9-19(30)28-21(10-25)1-2-21/h3-7H,1-2,8-9H2,(H,26,29)(H,28,30). The number of hydrogen-bond acceptors (Lipinski definition) is 5. The maximum atomic E-state index is 13.6. The number of nitriles is 1. The zero-order valence-electron chi connectivity index (χ0n) is 16.0. The van der Waals surface area contributed by atoms with Gasteiger partial charge in [-0.1, -0.05) is 11.6 Å². The van der Waals surface area contributed by atoms with Crippen LogP contribution in [0.3, 0.4) is 0 Å². The van der Waals surface area contributed by atoms with Crippen molar-refractivity contribution < 1.29 is 18.4 Å². The topological polar surface area (TPSA) is 94.9 Å². The fourth-order valence-corrected chi connectivity index (χ4v) is 4.34. The number of benzene rings is 2. The Morgan fingerprint density at radius 2 is 1.87 bits per heavy atom. The number of halogens is 3. The summed E-state index contributed by atoms with van der Waals surface area (Å²) in [6, 6.07) is 8.46. The summed E-state index contributed by atoms with van der Waals surface area (Å²) in [5.41, 5.74) is 0.529. The molecule has 4 rings (SSSR count). The van der Waals surface area contributed by atoms with Crippen molar-refractivity contribution in [2.45, 2.75) is 24.8 Å². The molecule has 6 nitrogen and oxygen atoms in total. The summed E-state index contributed by atoms with van der Waals surface area (Å²) in [5.74, 6) is -2.23. The fraction of sp³-hybridized carbons (Fsp3) is 0.238. The molecule has 1 aromatic heterocycles. The predicted octanol–water partition coefficient (Wildman–Crippen LogP) is 3.73. The van der Waals surface area contributed by atoms with E-state index in [2.05, 4.69) is 15.6 Å². The van der Waals surface area contributed by atoms with Crippen LogP contribution in [0.4, 0.5) is 8.78 Å². The molecule has 3 aromatic rings. The molecule has 10 heteroatoms. The van der Waals surface area contributed by atoms with E-state index >= 15 is 0 Å². The Labute approximate surface area is 184 Å². The Morgan fingerprint density at radius 1 is 1.16 bits per heavy atom. The van der Waals surface area contributed by atoms with Gasteiger partial charge in [0.2, 0.25) is 11.8 Å². The van der Waals surface area contributed by atoms with E-state index in [0.717, 1.165) is 6.07 Å². The number of aromatic nitrogens is 1. The van der Waals surface area contributed by atoms with E-state index in [4.69, 9.17) is 16.9 Å². The van der Waals surface area contributed by atoms with Gasteiger partial charge in [0, 0.05) is 11.6 Å². The van der Waals surface area contributed by atoms with Crippen LogP contribution in [0.15, 0.2) is 30.3 Å². The first-order valence-corrected chi connectivity index (χ1v) is 10.5. The highest BCUT2D eigenvalue weighted by Crippen LogP contribution is 2.35. The lowest BCUT2D eigenvalue weighted by Gasteiger charge is -2.09. The van der Waals surface area contributed by atoms with Gasteiger partial charge in [-0.05, 0) is 42.7 Å². The molecule has 0 bridgehead atoms. The number of hydrogen-bond donors (Lipinski definition) is 2. The van der Waals surface area contributed by atoms with Crippen molar-refractivity contribution in [1.29, 1.82) is 5.26 Å². The number of carbonyl (C=O) groups is 2. The molecule has 1 aliphatic rings. The summed E-state index contributed by atoms with van der Waals surface area (Å²) < 4.78 is 27.8. The molecule has 0 radical (unpaired) electrons. The Morgan fingerprint density at radius 3 is 2.52 bits per heavy atom. The van der Waals surface area contributed by atoms with Gasteiger partial charge in [0.05, 0.1) is 34.3 Å². The highest BCUT2D eigenvalue weighted by molar-refractivity contribution is 7.18. The normalized spacial score (nSPS) is 14.1. The minimum atomic E-state index is -0.781. The van der Waals surface area contributed by atoms with Crippen molar-refractivity contribution in [2.24, 2.45) is 0 Å². The lowest BCUT2D eigenvalue weighted by Crippen LogP contribution is -2.43. The molecule has 31 heavy (non-hydrogen) atoms. The van der Waals surface area contributed by atoms with Gasteiger partial charge in [-0.25, -0.2) is 13.8 Å². The second kappa shape index (κ2) is 8.21. The summed E-state index contributed by atoms with van der Waals surface area (Å²) in [6.45, 7) is -0.228. The molecule has 2 amide bonds. The first-order chi connectivity index (χ1) is 14.8. The highest BCUT2D eigenvalue weighted by Gasteiger charge is 2.44. The Balaban J connectivity index is 1.45. The van der Waals surface area contributed by atoms with Crippen molar-refractivity contribution in [2.75, 3.05) is 6.54 Å². The Bertz CT molecular complexity index is 1230. The minimum absolute atomic E-state index is 0.0441. The zero-order chi connectivity index (χ0) is 22.2. The fourth-order valence-electron chi connectivity index (χ4n) is 3.08. The van der Waals surface area contributed by atoms with Gasteiger partial charge in [-0.2, -0.15) is 5.26 Å². The van der Waals surface area contributed by atoms with E-state index in [1.54, 1.807) is 12.1 Å². The maximum Gasteiger partial charge on any atom is 0.240 e. The van der Waals surface area contributed by atoms with Crippen molar-refractivity contribution in [3.63, 3.8) is 0 Å². The quantitative estimate of drug-likeness (QED) is 0.586. The van der Waals surface area contributed by atoms with Gasteiger partial charge in [0.15, 0.2) is 0 Å². The number of carbonyl (C=O) groups excluding carboxylic acids is 2. The van der Waals surface area contributed by atoms with Crippen LogP contribution in [-0.4, -0.2) is 28.9 Å². The van der Waals surface area contributed by atoms with Gasteiger partial charge in [-0.3, -0.25) is 9.59 Å². The van der Waals surface area contributed by atoms with Gasteiger partial charge in [0.25, 0.3) is 0 Å². The lowest BCUT2D eigenvalue weighted by atomic mass is 10.1. The molecule has 2 N–H and O–H groups in total. The lowest BCUT2D eigenvalue weighted by molar-refractivity contribution is -0.126. The van der Waals surface area contributed by atoms with Crippen LogP contribution >= 0.6 is 22.9 Å². The predicted molar refractivity (Wildman–Crippen MR) is 112 cm³/mol. The molecular weight excluding hydrogens is 446 g/mol. The van der Waals surface area contributed by atoms with Crippen molar-refractivity contribution in [1.82, 2.24) is 15.6 Å². The molecule has 0 aliphatic heterocycles. The molecule has 1 aliphatic carbocycles. The largest absolute Gasteiger partial charge is 0.347 e. The molecule has 2 aromatic carbocycles. The zero-order valence-corrected chi connectivity index (χ0v) is 17.5. The van der Waals surface area contributed by atoms with Gasteiger partial charge in [0.1, 0.15) is 22.2 Å². The molecule has 0 unspecified atom stereocenters. The third-order valence-corrected chi connectivity index (χ3v) is 6.13. The first-order valence-electron chi connectivity index (χ1n) is 9.31. The van der Waals surface area contributed by atoms with Crippen molar-refractivity contribution in [3.8, 4) is 17.2 Å². The van der Waals surface area contributed by atoms with E-state index in [1.807, 2.05) is 6.07 Å². The van der Waals surface area contributed by atoms with Crippen LogP contribution in [-0.2, 0) is 16.0 Å². The summed E-state index contributed by atoms with van der Waals surface area (Å²) in [5, 5.41) is 14.9. The van der Waals surface area contributed by atoms with E-state index in [0.29, 0.717) is 39.2 Å². The molecule has 1 fully saturated rings. The summed E-state index contributed by atoms with van der Waals surface area (Å²) in [4.78, 5) is 28.4. The monoisotopic (exact) mass is 460 g/mol. The molecular formula is C21H15ClF2N4O2S. The van der Waals surface area contributed by atoms with Crippen LogP contribution in [0.2, 0.25) is 5.02 Å².